The Morgan fingerprint density at radius 1 is 0.935 bits per heavy atom. The van der Waals surface area contributed by atoms with Crippen LogP contribution >= 0.6 is 11.6 Å². The maximum Gasteiger partial charge on any atom is 0.276 e. The number of aryl methyl sites for hydroxylation is 2. The van der Waals surface area contributed by atoms with E-state index in [4.69, 9.17) is 21.1 Å². The number of halogens is 1. The van der Waals surface area contributed by atoms with Crippen LogP contribution in [-0.2, 0) is 20.8 Å². The molecule has 0 radical (unpaired) electrons. The third kappa shape index (κ3) is 9.53. The van der Waals surface area contributed by atoms with Gasteiger partial charge in [0.1, 0.15) is 17.3 Å². The highest BCUT2D eigenvalue weighted by Gasteiger charge is 2.07. The Morgan fingerprint density at radius 3 is 2.32 bits per heavy atom. The van der Waals surface area contributed by atoms with Gasteiger partial charge in [-0.25, -0.2) is 0 Å². The van der Waals surface area contributed by atoms with Gasteiger partial charge in [-0.1, -0.05) is 23.7 Å². The molecule has 0 saturated carbocycles. The molecule has 31 heavy (non-hydrogen) atoms. The highest BCUT2D eigenvalue weighted by molar-refractivity contribution is 6.30. The number of hydrazine groups is 1. The zero-order valence-electron chi connectivity index (χ0n) is 17.7. The van der Waals surface area contributed by atoms with Crippen molar-refractivity contribution in [1.29, 1.82) is 0 Å². The minimum atomic E-state index is -0.470. The molecule has 2 rings (SSSR count). The van der Waals surface area contributed by atoms with Gasteiger partial charge in [-0.3, -0.25) is 20.4 Å². The molecule has 8 heteroatoms. The number of carbonyl (C=O) groups excluding carboxylic acids is 3. The van der Waals surface area contributed by atoms with Gasteiger partial charge in [0.15, 0.2) is 6.61 Å². The van der Waals surface area contributed by atoms with Crippen LogP contribution in [0.1, 0.15) is 37.3 Å². The Balaban J connectivity index is 1.59. The number of carbonyl (C=O) groups is 3. The number of ether oxygens (including phenoxy) is 2. The summed E-state index contributed by atoms with van der Waals surface area (Å²) >= 11 is 5.90. The summed E-state index contributed by atoms with van der Waals surface area (Å²) in [6.07, 6.45) is 1.87. The van der Waals surface area contributed by atoms with E-state index >= 15 is 0 Å². The second kappa shape index (κ2) is 12.6. The van der Waals surface area contributed by atoms with Crippen LogP contribution in [0.5, 0.6) is 11.5 Å². The summed E-state index contributed by atoms with van der Waals surface area (Å²) in [6.45, 7) is 3.60. The lowest BCUT2D eigenvalue weighted by Crippen LogP contribution is -2.43. The molecule has 2 aromatic carbocycles. The van der Waals surface area contributed by atoms with E-state index < -0.39 is 5.91 Å². The van der Waals surface area contributed by atoms with Crippen molar-refractivity contribution < 1.29 is 23.9 Å². The summed E-state index contributed by atoms with van der Waals surface area (Å²) in [4.78, 5) is 34.7. The summed E-state index contributed by atoms with van der Waals surface area (Å²) in [5.41, 5.74) is 6.61. The number of hydrogen-bond donors (Lipinski definition) is 2. The van der Waals surface area contributed by atoms with Gasteiger partial charge >= 0.3 is 0 Å². The van der Waals surface area contributed by atoms with Gasteiger partial charge in [0, 0.05) is 17.9 Å². The van der Waals surface area contributed by atoms with E-state index in [2.05, 4.69) is 10.9 Å². The molecule has 0 aliphatic carbocycles. The average Bonchev–Trinajstić information content (AvgIpc) is 2.74. The summed E-state index contributed by atoms with van der Waals surface area (Å²) < 4.78 is 11.0. The molecule has 0 atom stereocenters. The zero-order chi connectivity index (χ0) is 22.6. The first-order valence-electron chi connectivity index (χ1n) is 10.0. The van der Waals surface area contributed by atoms with Crippen molar-refractivity contribution in [3.63, 3.8) is 0 Å². The normalized spacial score (nSPS) is 10.3. The standard InChI is InChI=1S/C23H27ClN2O5/c1-16-14-19(24)9-12-21(16)30-13-3-4-22(28)25-26-23(29)15-31-20-10-7-18(8-11-20)6-5-17(2)27/h7-12,14H,3-6,13,15H2,1-2H3,(H,25,28)(H,26,29). The molecule has 0 saturated heterocycles. The molecule has 7 nitrogen and oxygen atoms in total. The van der Waals surface area contributed by atoms with Crippen LogP contribution in [0.15, 0.2) is 42.5 Å². The molecule has 0 fully saturated rings. The van der Waals surface area contributed by atoms with Crippen LogP contribution in [0.3, 0.4) is 0 Å². The van der Waals surface area contributed by atoms with E-state index in [0.29, 0.717) is 36.6 Å². The molecule has 0 bridgehead atoms. The molecule has 0 aliphatic heterocycles. The number of rotatable bonds is 11. The lowest BCUT2D eigenvalue weighted by atomic mass is 10.1. The monoisotopic (exact) mass is 446 g/mol. The van der Waals surface area contributed by atoms with Gasteiger partial charge in [0.25, 0.3) is 5.91 Å². The van der Waals surface area contributed by atoms with Crippen LogP contribution in [-0.4, -0.2) is 30.8 Å². The van der Waals surface area contributed by atoms with E-state index in [-0.39, 0.29) is 24.7 Å². The van der Waals surface area contributed by atoms with Gasteiger partial charge in [0.05, 0.1) is 6.61 Å². The number of benzene rings is 2. The van der Waals surface area contributed by atoms with E-state index in [0.717, 1.165) is 16.9 Å². The second-order valence-electron chi connectivity index (χ2n) is 7.09. The van der Waals surface area contributed by atoms with Crippen LogP contribution in [0.25, 0.3) is 0 Å². The van der Waals surface area contributed by atoms with Crippen molar-refractivity contribution >= 4 is 29.2 Å². The minimum Gasteiger partial charge on any atom is -0.493 e. The average molecular weight is 447 g/mol. The summed E-state index contributed by atoms with van der Waals surface area (Å²) in [7, 11) is 0. The van der Waals surface area contributed by atoms with E-state index in [9.17, 15) is 14.4 Å². The fourth-order valence-corrected chi connectivity index (χ4v) is 2.88. The van der Waals surface area contributed by atoms with Crippen LogP contribution in [0.2, 0.25) is 5.02 Å². The Morgan fingerprint density at radius 2 is 1.65 bits per heavy atom. The van der Waals surface area contributed by atoms with Crippen molar-refractivity contribution in [2.75, 3.05) is 13.2 Å². The van der Waals surface area contributed by atoms with Gasteiger partial charge in [-0.2, -0.15) is 0 Å². The molecule has 166 valence electrons. The first-order valence-corrected chi connectivity index (χ1v) is 10.4. The van der Waals surface area contributed by atoms with Crippen molar-refractivity contribution in [1.82, 2.24) is 10.9 Å². The van der Waals surface area contributed by atoms with Crippen LogP contribution in [0, 0.1) is 6.92 Å². The lowest BCUT2D eigenvalue weighted by molar-refractivity contribution is -0.130. The van der Waals surface area contributed by atoms with E-state index in [1.807, 2.05) is 25.1 Å². The lowest BCUT2D eigenvalue weighted by Gasteiger charge is -2.10. The first-order chi connectivity index (χ1) is 14.8. The molecular formula is C23H27ClN2O5. The smallest absolute Gasteiger partial charge is 0.276 e. The largest absolute Gasteiger partial charge is 0.493 e. The number of hydrogen-bond acceptors (Lipinski definition) is 5. The molecule has 2 aromatic rings. The van der Waals surface area contributed by atoms with Gasteiger partial charge in [0.2, 0.25) is 5.91 Å². The molecule has 2 N–H and O–H groups in total. The van der Waals surface area contributed by atoms with Gasteiger partial charge in [-0.05, 0) is 68.1 Å². The number of ketones is 1. The highest BCUT2D eigenvalue weighted by atomic mass is 35.5. The Bertz CT molecular complexity index is 899. The summed E-state index contributed by atoms with van der Waals surface area (Å²) in [5.74, 6) is 0.606. The van der Waals surface area contributed by atoms with Crippen molar-refractivity contribution in [3.05, 3.63) is 58.6 Å². The Labute approximate surface area is 187 Å². The number of nitrogens with one attached hydrogen (secondary N) is 2. The third-order valence-electron chi connectivity index (χ3n) is 4.34. The fourth-order valence-electron chi connectivity index (χ4n) is 2.65. The maximum atomic E-state index is 11.8. The van der Waals surface area contributed by atoms with Gasteiger partial charge in [-0.15, -0.1) is 0 Å². The van der Waals surface area contributed by atoms with Crippen LogP contribution < -0.4 is 20.3 Å². The second-order valence-corrected chi connectivity index (χ2v) is 7.53. The predicted octanol–water partition coefficient (Wildman–Crippen LogP) is 3.56. The van der Waals surface area contributed by atoms with E-state index in [1.165, 1.54) is 0 Å². The minimum absolute atomic E-state index is 0.142. The van der Waals surface area contributed by atoms with Gasteiger partial charge < -0.3 is 14.3 Å². The molecule has 0 heterocycles. The fraction of sp³-hybridized carbons (Fsp3) is 0.348. The topological polar surface area (TPSA) is 93.7 Å². The quantitative estimate of drug-likeness (QED) is 0.406. The predicted molar refractivity (Wildman–Crippen MR) is 118 cm³/mol. The Kier molecular flexibility index (Phi) is 9.84. The molecule has 0 aliphatic rings. The number of Topliss-reactive ketones (excluding diaryl/α,β-unsaturated/α-hetero) is 1. The van der Waals surface area contributed by atoms with E-state index in [1.54, 1.807) is 31.2 Å². The Hall–Kier alpha value is -3.06. The summed E-state index contributed by atoms with van der Waals surface area (Å²) in [6, 6.07) is 12.5. The van der Waals surface area contributed by atoms with Crippen molar-refractivity contribution in [2.45, 2.75) is 39.5 Å². The summed E-state index contributed by atoms with van der Waals surface area (Å²) in [5, 5.41) is 0.644. The molecule has 0 spiro atoms. The highest BCUT2D eigenvalue weighted by Crippen LogP contribution is 2.21. The molecule has 0 unspecified atom stereocenters. The molecule has 0 aromatic heterocycles. The third-order valence-corrected chi connectivity index (χ3v) is 4.58. The van der Waals surface area contributed by atoms with Crippen molar-refractivity contribution in [2.24, 2.45) is 0 Å². The number of amides is 2. The zero-order valence-corrected chi connectivity index (χ0v) is 18.5. The SMILES string of the molecule is CC(=O)CCc1ccc(OCC(=O)NNC(=O)CCCOc2ccc(Cl)cc2C)cc1. The maximum absolute atomic E-state index is 11.8. The molecule has 2 amide bonds. The van der Waals surface area contributed by atoms with Crippen LogP contribution in [0.4, 0.5) is 0 Å². The van der Waals surface area contributed by atoms with Crippen molar-refractivity contribution in [3.8, 4) is 11.5 Å². The molecular weight excluding hydrogens is 420 g/mol. The first kappa shape index (κ1) is 24.2.